The average Bonchev–Trinajstić information content (AvgIpc) is 2.37. The van der Waals surface area contributed by atoms with Crippen molar-refractivity contribution in [2.75, 3.05) is 19.8 Å². The van der Waals surface area contributed by atoms with Gasteiger partial charge in [-0.15, -0.1) is 0 Å². The maximum Gasteiger partial charge on any atom is 0.126 e. The summed E-state index contributed by atoms with van der Waals surface area (Å²) >= 11 is 0. The van der Waals surface area contributed by atoms with E-state index in [4.69, 9.17) is 20.3 Å². The molecule has 106 valence electrons. The van der Waals surface area contributed by atoms with E-state index in [-0.39, 0.29) is 12.2 Å². The smallest absolute Gasteiger partial charge is 0.126 e. The summed E-state index contributed by atoms with van der Waals surface area (Å²) in [6.07, 6.45) is 1.32. The van der Waals surface area contributed by atoms with Crippen molar-refractivity contribution in [2.24, 2.45) is 5.73 Å². The van der Waals surface area contributed by atoms with Crippen molar-refractivity contribution in [3.05, 3.63) is 29.8 Å². The predicted molar refractivity (Wildman–Crippen MR) is 74.2 cm³/mol. The molecule has 0 radical (unpaired) electrons. The predicted octanol–water partition coefficient (Wildman–Crippen LogP) is 1.80. The van der Waals surface area contributed by atoms with Gasteiger partial charge in [-0.3, -0.25) is 0 Å². The molecule has 1 aromatic rings. The molecule has 1 aliphatic rings. The second kappa shape index (κ2) is 5.49. The van der Waals surface area contributed by atoms with E-state index >= 15 is 0 Å². The minimum Gasteiger partial charge on any atom is -0.487 e. The monoisotopic (exact) mass is 265 g/mol. The van der Waals surface area contributed by atoms with E-state index in [0.29, 0.717) is 26.0 Å². The van der Waals surface area contributed by atoms with Gasteiger partial charge in [-0.05, 0) is 26.3 Å². The van der Waals surface area contributed by atoms with Crippen LogP contribution in [0.4, 0.5) is 0 Å². The molecule has 0 spiro atoms. The topological polar surface area (TPSA) is 64.7 Å². The fraction of sp³-hybridized carbons (Fsp3) is 0.600. The van der Waals surface area contributed by atoms with Crippen LogP contribution in [0.1, 0.15) is 32.3 Å². The zero-order chi connectivity index (χ0) is 13.9. The molecule has 2 rings (SSSR count). The van der Waals surface area contributed by atoms with Crippen LogP contribution in [0.2, 0.25) is 0 Å². The molecular weight excluding hydrogens is 242 g/mol. The molecule has 0 saturated heterocycles. The summed E-state index contributed by atoms with van der Waals surface area (Å²) in [5.41, 5.74) is 6.19. The number of benzene rings is 1. The van der Waals surface area contributed by atoms with Gasteiger partial charge in [-0.1, -0.05) is 18.2 Å². The zero-order valence-corrected chi connectivity index (χ0v) is 11.7. The van der Waals surface area contributed by atoms with Crippen LogP contribution >= 0.6 is 0 Å². The van der Waals surface area contributed by atoms with Crippen LogP contribution in [0.5, 0.6) is 5.75 Å². The number of nitrogens with two attached hydrogens (primary N) is 1. The average molecular weight is 265 g/mol. The number of aliphatic hydroxyl groups is 1. The summed E-state index contributed by atoms with van der Waals surface area (Å²) in [4.78, 5) is 0. The third kappa shape index (κ3) is 2.91. The first kappa shape index (κ1) is 14.3. The number of ether oxygens (including phenoxy) is 2. The summed E-state index contributed by atoms with van der Waals surface area (Å²) in [5.74, 6) is 0.841. The van der Waals surface area contributed by atoms with E-state index in [1.54, 1.807) is 0 Å². The molecule has 1 aromatic carbocycles. The van der Waals surface area contributed by atoms with E-state index in [2.05, 4.69) is 0 Å². The minimum absolute atomic E-state index is 0.127. The molecule has 3 N–H and O–H groups in total. The summed E-state index contributed by atoms with van der Waals surface area (Å²) in [5, 5.41) is 8.91. The van der Waals surface area contributed by atoms with Crippen molar-refractivity contribution in [2.45, 2.75) is 37.9 Å². The quantitative estimate of drug-likeness (QED) is 0.797. The first-order valence-corrected chi connectivity index (χ1v) is 6.76. The van der Waals surface area contributed by atoms with Gasteiger partial charge in [-0.25, -0.2) is 0 Å². The van der Waals surface area contributed by atoms with Crippen molar-refractivity contribution < 1.29 is 14.6 Å². The third-order valence-electron chi connectivity index (χ3n) is 3.49. The lowest BCUT2D eigenvalue weighted by atomic mass is 9.80. The van der Waals surface area contributed by atoms with Crippen molar-refractivity contribution in [1.82, 2.24) is 0 Å². The Morgan fingerprint density at radius 3 is 2.79 bits per heavy atom. The van der Waals surface area contributed by atoms with Crippen molar-refractivity contribution >= 4 is 0 Å². The second-order valence-electron chi connectivity index (χ2n) is 5.66. The molecule has 0 aliphatic carbocycles. The molecule has 0 amide bonds. The maximum absolute atomic E-state index is 8.91. The Morgan fingerprint density at radius 2 is 2.11 bits per heavy atom. The first-order valence-electron chi connectivity index (χ1n) is 6.76. The summed E-state index contributed by atoms with van der Waals surface area (Å²) < 4.78 is 12.1. The number of fused-ring (bicyclic) bond motifs is 1. The summed E-state index contributed by atoms with van der Waals surface area (Å²) in [6.45, 7) is 5.12. The SMILES string of the molecule is CC1(C)CC(CN)(OCCCO)c2ccccc2O1. The Morgan fingerprint density at radius 1 is 1.37 bits per heavy atom. The number of aliphatic hydroxyl groups excluding tert-OH is 1. The Bertz CT molecular complexity index is 433. The molecule has 0 aromatic heterocycles. The van der Waals surface area contributed by atoms with Gasteiger partial charge in [0.2, 0.25) is 0 Å². The Kier molecular flexibility index (Phi) is 4.13. The van der Waals surface area contributed by atoms with Crippen LogP contribution in [0.25, 0.3) is 0 Å². The van der Waals surface area contributed by atoms with Crippen LogP contribution in [0.3, 0.4) is 0 Å². The standard InChI is InChI=1S/C15H23NO3/c1-14(2)10-15(11-16,18-9-5-8-17)12-6-3-4-7-13(12)19-14/h3-4,6-7,17H,5,8-11,16H2,1-2H3. The van der Waals surface area contributed by atoms with Gasteiger partial charge in [-0.2, -0.15) is 0 Å². The Labute approximate surface area is 114 Å². The highest BCUT2D eigenvalue weighted by molar-refractivity contribution is 5.41. The lowest BCUT2D eigenvalue weighted by molar-refractivity contribution is -0.108. The summed E-state index contributed by atoms with van der Waals surface area (Å²) in [7, 11) is 0. The molecular formula is C15H23NO3. The lowest BCUT2D eigenvalue weighted by Gasteiger charge is -2.45. The van der Waals surface area contributed by atoms with Gasteiger partial charge in [0.15, 0.2) is 0 Å². The van der Waals surface area contributed by atoms with Crippen molar-refractivity contribution in [3.8, 4) is 5.75 Å². The zero-order valence-electron chi connectivity index (χ0n) is 11.7. The highest BCUT2D eigenvalue weighted by Gasteiger charge is 2.45. The molecule has 0 fully saturated rings. The molecule has 1 unspecified atom stereocenters. The molecule has 1 atom stereocenters. The number of rotatable bonds is 5. The number of para-hydroxylation sites is 1. The maximum atomic E-state index is 8.91. The highest BCUT2D eigenvalue weighted by atomic mass is 16.5. The molecule has 0 bridgehead atoms. The Hall–Kier alpha value is -1.10. The summed E-state index contributed by atoms with van der Waals surface area (Å²) in [6, 6.07) is 7.89. The van der Waals surface area contributed by atoms with E-state index < -0.39 is 5.60 Å². The first-order chi connectivity index (χ1) is 9.03. The fourth-order valence-electron chi connectivity index (χ4n) is 2.75. The number of hydrogen-bond acceptors (Lipinski definition) is 4. The fourth-order valence-corrected chi connectivity index (χ4v) is 2.75. The molecule has 4 heteroatoms. The van der Waals surface area contributed by atoms with E-state index in [9.17, 15) is 0 Å². The molecule has 19 heavy (non-hydrogen) atoms. The largest absolute Gasteiger partial charge is 0.487 e. The van der Waals surface area contributed by atoms with E-state index in [1.807, 2.05) is 38.1 Å². The van der Waals surface area contributed by atoms with Gasteiger partial charge in [0, 0.05) is 25.1 Å². The van der Waals surface area contributed by atoms with E-state index in [1.165, 1.54) is 0 Å². The molecule has 4 nitrogen and oxygen atoms in total. The van der Waals surface area contributed by atoms with E-state index in [0.717, 1.165) is 11.3 Å². The van der Waals surface area contributed by atoms with Crippen LogP contribution in [0, 0.1) is 0 Å². The second-order valence-corrected chi connectivity index (χ2v) is 5.66. The third-order valence-corrected chi connectivity index (χ3v) is 3.49. The van der Waals surface area contributed by atoms with Gasteiger partial charge >= 0.3 is 0 Å². The molecule has 0 saturated carbocycles. The van der Waals surface area contributed by atoms with Gasteiger partial charge in [0.05, 0.1) is 6.61 Å². The molecule has 1 heterocycles. The van der Waals surface area contributed by atoms with Gasteiger partial charge in [0.25, 0.3) is 0 Å². The van der Waals surface area contributed by atoms with Crippen LogP contribution in [-0.4, -0.2) is 30.5 Å². The minimum atomic E-state index is -0.520. The van der Waals surface area contributed by atoms with Crippen LogP contribution in [-0.2, 0) is 10.3 Å². The number of hydrogen-bond donors (Lipinski definition) is 2. The lowest BCUT2D eigenvalue weighted by Crippen LogP contribution is -2.50. The van der Waals surface area contributed by atoms with Crippen molar-refractivity contribution in [3.63, 3.8) is 0 Å². The Balaban J connectivity index is 2.35. The van der Waals surface area contributed by atoms with Crippen LogP contribution in [0.15, 0.2) is 24.3 Å². The normalized spacial score (nSPS) is 24.6. The van der Waals surface area contributed by atoms with Gasteiger partial charge < -0.3 is 20.3 Å². The highest BCUT2D eigenvalue weighted by Crippen LogP contribution is 2.45. The molecule has 1 aliphatic heterocycles. The van der Waals surface area contributed by atoms with Crippen molar-refractivity contribution in [1.29, 1.82) is 0 Å². The van der Waals surface area contributed by atoms with Gasteiger partial charge in [0.1, 0.15) is 17.0 Å². The van der Waals surface area contributed by atoms with Crippen LogP contribution < -0.4 is 10.5 Å².